The van der Waals surface area contributed by atoms with Crippen molar-refractivity contribution in [1.29, 1.82) is 0 Å². The molecule has 0 amide bonds. The molecule has 1 aliphatic heterocycles. The van der Waals surface area contributed by atoms with Gasteiger partial charge >= 0.3 is 0 Å². The monoisotopic (exact) mass is 385 g/mol. The van der Waals surface area contributed by atoms with Crippen LogP contribution in [-0.2, 0) is 6.54 Å². The number of nitrogens with zero attached hydrogens (tertiary/aromatic N) is 3. The van der Waals surface area contributed by atoms with Crippen molar-refractivity contribution < 1.29 is 4.92 Å². The summed E-state index contributed by atoms with van der Waals surface area (Å²) >= 11 is 3.41. The highest BCUT2D eigenvalue weighted by molar-refractivity contribution is 9.10. The molecule has 1 aromatic carbocycles. The maximum absolute atomic E-state index is 10.7. The summed E-state index contributed by atoms with van der Waals surface area (Å²) in [6.07, 6.45) is 0. The van der Waals surface area contributed by atoms with Gasteiger partial charge in [0.15, 0.2) is 0 Å². The smallest absolute Gasteiger partial charge is 0.270 e. The van der Waals surface area contributed by atoms with Crippen LogP contribution in [0.3, 0.4) is 0 Å². The molecule has 5 nitrogen and oxygen atoms in total. The topological polar surface area (TPSA) is 49.6 Å². The van der Waals surface area contributed by atoms with Crippen LogP contribution < -0.4 is 0 Å². The van der Waals surface area contributed by atoms with Crippen molar-refractivity contribution in [3.05, 3.63) is 38.3 Å². The van der Waals surface area contributed by atoms with Gasteiger partial charge in [0.05, 0.1) is 4.92 Å². The molecule has 0 aliphatic carbocycles. The van der Waals surface area contributed by atoms with E-state index in [-0.39, 0.29) is 35.4 Å². The third kappa shape index (κ3) is 5.18. The van der Waals surface area contributed by atoms with E-state index in [4.69, 9.17) is 0 Å². The van der Waals surface area contributed by atoms with Gasteiger partial charge in [-0.15, -0.1) is 24.8 Å². The number of halogens is 3. The van der Waals surface area contributed by atoms with E-state index in [0.29, 0.717) is 0 Å². The summed E-state index contributed by atoms with van der Waals surface area (Å²) in [5.41, 5.74) is 1.23. The van der Waals surface area contributed by atoms with E-state index in [1.165, 1.54) is 0 Å². The Morgan fingerprint density at radius 2 is 1.85 bits per heavy atom. The molecule has 114 valence electrons. The first-order chi connectivity index (χ1) is 8.56. The second-order valence-electron chi connectivity index (χ2n) is 4.61. The van der Waals surface area contributed by atoms with E-state index >= 15 is 0 Å². The van der Waals surface area contributed by atoms with Gasteiger partial charge in [0.2, 0.25) is 0 Å². The summed E-state index contributed by atoms with van der Waals surface area (Å²) < 4.78 is 0.815. The molecule has 1 saturated heterocycles. The molecule has 2 rings (SSSR count). The van der Waals surface area contributed by atoms with Gasteiger partial charge in [-0.25, -0.2) is 0 Å². The summed E-state index contributed by atoms with van der Waals surface area (Å²) in [4.78, 5) is 15.0. The van der Waals surface area contributed by atoms with Crippen LogP contribution in [0.1, 0.15) is 5.56 Å². The Bertz CT molecular complexity index is 454. The molecule has 0 bridgehead atoms. The molecule has 0 radical (unpaired) electrons. The van der Waals surface area contributed by atoms with Crippen LogP contribution in [0, 0.1) is 10.1 Å². The minimum absolute atomic E-state index is 0. The Kier molecular flexibility index (Phi) is 8.62. The van der Waals surface area contributed by atoms with Gasteiger partial charge in [0.1, 0.15) is 0 Å². The van der Waals surface area contributed by atoms with Crippen molar-refractivity contribution in [1.82, 2.24) is 9.80 Å². The van der Waals surface area contributed by atoms with Crippen molar-refractivity contribution in [2.24, 2.45) is 0 Å². The van der Waals surface area contributed by atoms with E-state index in [2.05, 4.69) is 32.8 Å². The summed E-state index contributed by atoms with van der Waals surface area (Å²) in [7, 11) is 2.12. The Balaban J connectivity index is 0.00000180. The van der Waals surface area contributed by atoms with Crippen molar-refractivity contribution in [2.45, 2.75) is 6.54 Å². The molecule has 0 N–H and O–H groups in total. The van der Waals surface area contributed by atoms with E-state index in [9.17, 15) is 10.1 Å². The summed E-state index contributed by atoms with van der Waals surface area (Å²) in [6, 6.07) is 4.97. The summed E-state index contributed by atoms with van der Waals surface area (Å²) in [5.74, 6) is 0. The normalized spacial score (nSPS) is 16.1. The molecule has 20 heavy (non-hydrogen) atoms. The second kappa shape index (κ2) is 8.79. The van der Waals surface area contributed by atoms with Crippen LogP contribution in [0.15, 0.2) is 22.7 Å². The van der Waals surface area contributed by atoms with Crippen molar-refractivity contribution in [3.63, 3.8) is 0 Å². The summed E-state index contributed by atoms with van der Waals surface area (Å²) in [6.45, 7) is 5.07. The molecule has 8 heteroatoms. The van der Waals surface area contributed by atoms with Gasteiger partial charge < -0.3 is 4.90 Å². The SMILES string of the molecule is CN1CCN(Cc2ccc([N+](=O)[O-])cc2Br)CC1.Cl.Cl. The van der Waals surface area contributed by atoms with Gasteiger partial charge in [-0.05, 0) is 18.7 Å². The Hall–Kier alpha value is -0.400. The number of nitro benzene ring substituents is 1. The largest absolute Gasteiger partial charge is 0.304 e. The molecule has 0 spiro atoms. The third-order valence-electron chi connectivity index (χ3n) is 3.24. The second-order valence-corrected chi connectivity index (χ2v) is 5.47. The lowest BCUT2D eigenvalue weighted by Crippen LogP contribution is -2.43. The highest BCUT2D eigenvalue weighted by Crippen LogP contribution is 2.24. The molecule has 0 saturated carbocycles. The first-order valence-electron chi connectivity index (χ1n) is 5.90. The van der Waals surface area contributed by atoms with Gasteiger partial charge in [0.25, 0.3) is 5.69 Å². The molecule has 1 heterocycles. The zero-order valence-electron chi connectivity index (χ0n) is 11.1. The summed E-state index contributed by atoms with van der Waals surface area (Å²) in [5, 5.41) is 10.7. The zero-order chi connectivity index (χ0) is 13.1. The molecule has 1 fully saturated rings. The van der Waals surface area contributed by atoms with Crippen molar-refractivity contribution in [2.75, 3.05) is 33.2 Å². The average molecular weight is 387 g/mol. The highest BCUT2D eigenvalue weighted by Gasteiger charge is 2.16. The minimum Gasteiger partial charge on any atom is -0.304 e. The maximum Gasteiger partial charge on any atom is 0.270 e. The number of benzene rings is 1. The van der Waals surface area contributed by atoms with Crippen molar-refractivity contribution >= 4 is 46.4 Å². The molecule has 0 aromatic heterocycles. The fourth-order valence-corrected chi connectivity index (χ4v) is 2.52. The van der Waals surface area contributed by atoms with E-state index in [0.717, 1.165) is 42.8 Å². The molecular weight excluding hydrogens is 369 g/mol. The first-order valence-corrected chi connectivity index (χ1v) is 6.69. The molecular formula is C12H18BrCl2N3O2. The maximum atomic E-state index is 10.7. The minimum atomic E-state index is -0.371. The van der Waals surface area contributed by atoms with Crippen LogP contribution in [0.4, 0.5) is 5.69 Å². The van der Waals surface area contributed by atoms with Gasteiger partial charge in [0, 0.05) is 49.3 Å². The predicted octanol–water partition coefficient (Wildman–Crippen LogP) is 2.95. The standard InChI is InChI=1S/C12H16BrN3O2.2ClH/c1-14-4-6-15(7-5-14)9-10-2-3-11(16(17)18)8-12(10)13;;/h2-3,8H,4-7,9H2,1H3;2*1H. The van der Waals surface area contributed by atoms with E-state index in [1.54, 1.807) is 12.1 Å². The lowest BCUT2D eigenvalue weighted by molar-refractivity contribution is -0.384. The Morgan fingerprint density at radius 3 is 2.35 bits per heavy atom. The van der Waals surface area contributed by atoms with Gasteiger partial charge in [-0.1, -0.05) is 15.9 Å². The quantitative estimate of drug-likeness (QED) is 0.591. The fourth-order valence-electron chi connectivity index (χ4n) is 2.02. The molecule has 1 aliphatic rings. The molecule has 1 aromatic rings. The van der Waals surface area contributed by atoms with Crippen LogP contribution in [0.2, 0.25) is 0 Å². The van der Waals surface area contributed by atoms with Crippen molar-refractivity contribution in [3.8, 4) is 0 Å². The Morgan fingerprint density at radius 1 is 1.25 bits per heavy atom. The first kappa shape index (κ1) is 19.6. The lowest BCUT2D eigenvalue weighted by Gasteiger charge is -2.32. The number of non-ortho nitro benzene ring substituents is 1. The van der Waals surface area contributed by atoms with E-state index in [1.807, 2.05) is 6.07 Å². The fraction of sp³-hybridized carbons (Fsp3) is 0.500. The predicted molar refractivity (Wildman–Crippen MR) is 88.1 cm³/mol. The number of nitro groups is 1. The van der Waals surface area contributed by atoms with E-state index < -0.39 is 0 Å². The van der Waals surface area contributed by atoms with Crippen LogP contribution in [0.25, 0.3) is 0 Å². The lowest BCUT2D eigenvalue weighted by atomic mass is 10.2. The Labute approximate surface area is 139 Å². The molecule has 0 unspecified atom stereocenters. The van der Waals surface area contributed by atoms with Crippen LogP contribution >= 0.6 is 40.7 Å². The highest BCUT2D eigenvalue weighted by atomic mass is 79.9. The number of likely N-dealkylation sites (N-methyl/N-ethyl adjacent to an activating group) is 1. The third-order valence-corrected chi connectivity index (χ3v) is 3.98. The van der Waals surface area contributed by atoms with Gasteiger partial charge in [-0.3, -0.25) is 15.0 Å². The number of hydrogen-bond donors (Lipinski definition) is 0. The average Bonchev–Trinajstić information content (AvgIpc) is 2.34. The number of piperazine rings is 1. The van der Waals surface area contributed by atoms with Crippen LogP contribution in [0.5, 0.6) is 0 Å². The molecule has 0 atom stereocenters. The zero-order valence-corrected chi connectivity index (χ0v) is 14.3. The van der Waals surface area contributed by atoms with Gasteiger partial charge in [-0.2, -0.15) is 0 Å². The number of hydrogen-bond acceptors (Lipinski definition) is 4. The number of rotatable bonds is 3. The van der Waals surface area contributed by atoms with Crippen LogP contribution in [-0.4, -0.2) is 47.9 Å².